The van der Waals surface area contributed by atoms with E-state index in [9.17, 15) is 0 Å². The highest BCUT2D eigenvalue weighted by atomic mass is 35.5. The summed E-state index contributed by atoms with van der Waals surface area (Å²) >= 11 is 0. The lowest BCUT2D eigenvalue weighted by Gasteiger charge is -2.38. The van der Waals surface area contributed by atoms with Crippen LogP contribution in [0.4, 0.5) is 11.5 Å². The number of imidazole rings is 1. The molecule has 1 saturated carbocycles. The van der Waals surface area contributed by atoms with Gasteiger partial charge in [0.05, 0.1) is 28.3 Å². The first-order valence-corrected chi connectivity index (χ1v) is 13.4. The third-order valence-corrected chi connectivity index (χ3v) is 8.18. The Morgan fingerprint density at radius 3 is 2.23 bits per heavy atom. The quantitative estimate of drug-likeness (QED) is 0.199. The number of fused-ring (bicyclic) bond motifs is 6. The largest absolute Gasteiger partial charge is 0.338 e. The topological polar surface area (TPSA) is 81.7 Å². The number of hydrogen-bond donors (Lipinski definition) is 2. The fraction of sp³-hybridized carbons (Fsp3) is 0.121. The van der Waals surface area contributed by atoms with Gasteiger partial charge in [-0.1, -0.05) is 48.5 Å². The molecule has 8 rings (SSSR count). The van der Waals surface area contributed by atoms with Crippen LogP contribution in [-0.2, 0) is 5.54 Å². The molecule has 3 aromatic carbocycles. The zero-order chi connectivity index (χ0) is 26.0. The molecule has 43 heavy (non-hydrogen) atoms. The Morgan fingerprint density at radius 1 is 0.744 bits per heavy atom. The van der Waals surface area contributed by atoms with E-state index >= 15 is 0 Å². The Labute approximate surface area is 274 Å². The van der Waals surface area contributed by atoms with E-state index in [1.54, 1.807) is 0 Å². The van der Waals surface area contributed by atoms with E-state index in [1.807, 2.05) is 30.6 Å². The summed E-state index contributed by atoms with van der Waals surface area (Å²) < 4.78 is 2.25. The van der Waals surface area contributed by atoms with Crippen molar-refractivity contribution in [3.05, 3.63) is 109 Å². The predicted octanol–water partition coefficient (Wildman–Crippen LogP) is 8.90. The van der Waals surface area contributed by atoms with Gasteiger partial charge in [-0.3, -0.25) is 9.55 Å². The van der Waals surface area contributed by atoms with E-state index in [1.165, 1.54) is 12.0 Å². The molecular formula is C33H30Cl4N6. The summed E-state index contributed by atoms with van der Waals surface area (Å²) in [5.74, 6) is 1.67. The maximum absolute atomic E-state index is 6.67. The number of benzene rings is 3. The number of anilines is 2. The molecule has 0 saturated heterocycles. The van der Waals surface area contributed by atoms with Gasteiger partial charge < -0.3 is 11.1 Å². The molecule has 3 N–H and O–H groups in total. The van der Waals surface area contributed by atoms with Crippen molar-refractivity contribution in [3.8, 4) is 39.6 Å². The lowest BCUT2D eigenvalue weighted by atomic mass is 9.72. The highest BCUT2D eigenvalue weighted by molar-refractivity contribution is 5.93. The fourth-order valence-corrected chi connectivity index (χ4v) is 5.92. The lowest BCUT2D eigenvalue weighted by molar-refractivity contribution is 0.253. The molecule has 0 bridgehead atoms. The summed E-state index contributed by atoms with van der Waals surface area (Å²) in [5, 5.41) is 4.63. The summed E-state index contributed by atoms with van der Waals surface area (Å²) in [6, 6.07) is 31.6. The second-order valence-electron chi connectivity index (χ2n) is 10.5. The SMILES string of the molecule is Cl.Cl.Cl.Cl.NC1(c2ccc(-c3c(-c4ccc5ncccc5c4)nc4n3-c3cccnc3Nc3ccccc3-4)cc2)CCC1. The molecule has 1 aliphatic carbocycles. The fourth-order valence-electron chi connectivity index (χ4n) is 5.92. The van der Waals surface area contributed by atoms with Crippen LogP contribution in [0, 0.1) is 0 Å². The van der Waals surface area contributed by atoms with E-state index in [0.717, 1.165) is 74.8 Å². The Kier molecular flexibility index (Phi) is 9.40. The minimum atomic E-state index is -0.208. The number of para-hydroxylation sites is 1. The van der Waals surface area contributed by atoms with E-state index < -0.39 is 0 Å². The molecule has 1 fully saturated rings. The Bertz CT molecular complexity index is 1900. The third kappa shape index (κ3) is 5.24. The maximum Gasteiger partial charge on any atom is 0.154 e. The van der Waals surface area contributed by atoms with Crippen LogP contribution in [0.25, 0.3) is 50.5 Å². The minimum Gasteiger partial charge on any atom is -0.338 e. The highest BCUT2D eigenvalue weighted by Gasteiger charge is 2.34. The molecule has 0 atom stereocenters. The highest BCUT2D eigenvalue weighted by Crippen LogP contribution is 2.45. The van der Waals surface area contributed by atoms with Gasteiger partial charge in [-0.25, -0.2) is 9.97 Å². The van der Waals surface area contributed by atoms with Gasteiger partial charge in [0.25, 0.3) is 0 Å². The van der Waals surface area contributed by atoms with Crippen LogP contribution in [0.2, 0.25) is 0 Å². The molecule has 0 spiro atoms. The number of pyridine rings is 2. The molecule has 6 aromatic rings. The molecule has 10 heteroatoms. The van der Waals surface area contributed by atoms with Gasteiger partial charge >= 0.3 is 0 Å². The predicted molar refractivity (Wildman–Crippen MR) is 185 cm³/mol. The van der Waals surface area contributed by atoms with Crippen molar-refractivity contribution in [2.24, 2.45) is 5.73 Å². The first kappa shape index (κ1) is 32.3. The monoisotopic (exact) mass is 650 g/mol. The smallest absolute Gasteiger partial charge is 0.154 e. The number of nitrogens with one attached hydrogen (secondary N) is 1. The average Bonchev–Trinajstić information content (AvgIpc) is 3.30. The van der Waals surface area contributed by atoms with Gasteiger partial charge in [0.15, 0.2) is 5.82 Å². The van der Waals surface area contributed by atoms with Crippen LogP contribution < -0.4 is 11.1 Å². The normalized spacial score (nSPS) is 13.5. The van der Waals surface area contributed by atoms with Gasteiger partial charge in [-0.2, -0.15) is 0 Å². The van der Waals surface area contributed by atoms with Gasteiger partial charge in [-0.15, -0.1) is 49.6 Å². The maximum atomic E-state index is 6.67. The minimum absolute atomic E-state index is 0. The first-order valence-electron chi connectivity index (χ1n) is 13.4. The van der Waals surface area contributed by atoms with Crippen molar-refractivity contribution in [3.63, 3.8) is 0 Å². The lowest BCUT2D eigenvalue weighted by Crippen LogP contribution is -2.43. The Morgan fingerprint density at radius 2 is 1.47 bits per heavy atom. The van der Waals surface area contributed by atoms with Crippen molar-refractivity contribution in [2.45, 2.75) is 24.8 Å². The number of halogens is 4. The zero-order valence-electron chi connectivity index (χ0n) is 22.9. The van der Waals surface area contributed by atoms with Crippen molar-refractivity contribution < 1.29 is 0 Å². The second kappa shape index (κ2) is 12.5. The molecule has 1 aliphatic heterocycles. The standard InChI is InChI=1S/C33H26N6.4ClH/c34-33(16-5-17-33)24-13-10-21(11-14-24)30-29(23-12-15-26-22(20-23)6-3-18-35-26)38-32-25-7-1-2-8-27(25)37-31-28(39(30)32)9-4-19-36-31;;;;/h1-4,6-15,18-20H,5,16-17,34H2,(H,36,37);4*1H. The van der Waals surface area contributed by atoms with Crippen LogP contribution in [0.3, 0.4) is 0 Å². The summed E-state index contributed by atoms with van der Waals surface area (Å²) in [6.07, 6.45) is 6.90. The molecule has 0 unspecified atom stereocenters. The molecule has 2 aliphatic rings. The van der Waals surface area contributed by atoms with Crippen molar-refractivity contribution >= 4 is 72.0 Å². The van der Waals surface area contributed by atoms with Gasteiger partial charge in [0.2, 0.25) is 0 Å². The van der Waals surface area contributed by atoms with Gasteiger partial charge in [-0.05, 0) is 67.3 Å². The molecule has 0 amide bonds. The number of nitrogens with two attached hydrogens (primary N) is 1. The first-order chi connectivity index (χ1) is 19.2. The molecule has 0 radical (unpaired) electrons. The van der Waals surface area contributed by atoms with E-state index in [2.05, 4.69) is 87.7 Å². The van der Waals surface area contributed by atoms with Gasteiger partial charge in [0.1, 0.15) is 5.82 Å². The van der Waals surface area contributed by atoms with Crippen molar-refractivity contribution in [2.75, 3.05) is 5.32 Å². The number of hydrogen-bond acceptors (Lipinski definition) is 5. The number of rotatable bonds is 3. The van der Waals surface area contributed by atoms with Crippen LogP contribution in [0.1, 0.15) is 24.8 Å². The van der Waals surface area contributed by atoms with Crippen LogP contribution >= 0.6 is 49.6 Å². The summed E-state index contributed by atoms with van der Waals surface area (Å²) in [6.45, 7) is 0. The Hall–Kier alpha value is -3.65. The molecule has 3 aromatic heterocycles. The van der Waals surface area contributed by atoms with E-state index in [0.29, 0.717) is 0 Å². The third-order valence-electron chi connectivity index (χ3n) is 8.18. The Balaban J connectivity index is 0.00000106. The summed E-state index contributed by atoms with van der Waals surface area (Å²) in [7, 11) is 0. The van der Waals surface area contributed by atoms with Crippen LogP contribution in [-0.4, -0.2) is 19.5 Å². The number of nitrogens with zero attached hydrogens (tertiary/aromatic N) is 4. The molecule has 220 valence electrons. The second-order valence-corrected chi connectivity index (χ2v) is 10.5. The molecule has 6 nitrogen and oxygen atoms in total. The number of aromatic nitrogens is 4. The van der Waals surface area contributed by atoms with Crippen LogP contribution in [0.5, 0.6) is 0 Å². The molecular weight excluding hydrogens is 622 g/mol. The average molecular weight is 652 g/mol. The summed E-state index contributed by atoms with van der Waals surface area (Å²) in [4.78, 5) is 14.6. The van der Waals surface area contributed by atoms with Gasteiger partial charge in [0, 0.05) is 40.0 Å². The molecule has 4 heterocycles. The van der Waals surface area contributed by atoms with E-state index in [4.69, 9.17) is 15.7 Å². The van der Waals surface area contributed by atoms with Crippen LogP contribution in [0.15, 0.2) is 103 Å². The van der Waals surface area contributed by atoms with Crippen molar-refractivity contribution in [1.82, 2.24) is 19.5 Å². The van der Waals surface area contributed by atoms with Crippen molar-refractivity contribution in [1.29, 1.82) is 0 Å². The summed E-state index contributed by atoms with van der Waals surface area (Å²) in [5.41, 5.74) is 15.6. The van der Waals surface area contributed by atoms with E-state index in [-0.39, 0.29) is 55.2 Å². The zero-order valence-corrected chi connectivity index (χ0v) is 26.2.